The van der Waals surface area contributed by atoms with E-state index in [-0.39, 0.29) is 6.61 Å². The Hall–Kier alpha value is -0.330. The lowest BCUT2D eigenvalue weighted by Crippen LogP contribution is -1.84. The second-order valence-corrected chi connectivity index (χ2v) is 5.09. The number of hydrogen-bond donors (Lipinski definition) is 2. The predicted molar refractivity (Wildman–Crippen MR) is 64.9 cm³/mol. The summed E-state index contributed by atoms with van der Waals surface area (Å²) in [6.07, 6.45) is 0. The molecule has 68 valence electrons. The van der Waals surface area contributed by atoms with Crippen molar-refractivity contribution in [3.05, 3.63) is 26.6 Å². The standard InChI is InChI=1S/C9H8INOS/c10-8-3-6(11)1-5-2-7(4-12)13-9(5)8/h1-3,12H,4,11H2. The van der Waals surface area contributed by atoms with Gasteiger partial charge in [0.25, 0.3) is 0 Å². The molecule has 0 saturated carbocycles. The molecule has 0 amide bonds. The van der Waals surface area contributed by atoms with E-state index in [0.29, 0.717) is 0 Å². The van der Waals surface area contributed by atoms with Crippen molar-refractivity contribution in [3.8, 4) is 0 Å². The fourth-order valence-electron chi connectivity index (χ4n) is 1.26. The van der Waals surface area contributed by atoms with Crippen molar-refractivity contribution in [2.75, 3.05) is 5.73 Å². The number of aliphatic hydroxyl groups is 1. The predicted octanol–water partition coefficient (Wildman–Crippen LogP) is 2.58. The van der Waals surface area contributed by atoms with Gasteiger partial charge in [-0.3, -0.25) is 0 Å². The highest BCUT2D eigenvalue weighted by molar-refractivity contribution is 14.1. The number of fused-ring (bicyclic) bond motifs is 1. The SMILES string of the molecule is Nc1cc(I)c2sc(CO)cc2c1. The molecule has 0 atom stereocenters. The van der Waals surface area contributed by atoms with E-state index in [2.05, 4.69) is 22.6 Å². The maximum atomic E-state index is 8.98. The number of benzene rings is 1. The molecule has 2 rings (SSSR count). The van der Waals surface area contributed by atoms with Crippen LogP contribution in [0.5, 0.6) is 0 Å². The van der Waals surface area contributed by atoms with Crippen LogP contribution in [0.15, 0.2) is 18.2 Å². The van der Waals surface area contributed by atoms with Crippen LogP contribution in [0.1, 0.15) is 4.88 Å². The zero-order chi connectivity index (χ0) is 9.42. The quantitative estimate of drug-likeness (QED) is 0.628. The first-order valence-corrected chi connectivity index (χ1v) is 5.68. The fourth-order valence-corrected chi connectivity index (χ4v) is 3.17. The normalized spacial score (nSPS) is 10.9. The topological polar surface area (TPSA) is 46.2 Å². The van der Waals surface area contributed by atoms with Gasteiger partial charge in [0.15, 0.2) is 0 Å². The van der Waals surface area contributed by atoms with Gasteiger partial charge in [-0.2, -0.15) is 0 Å². The van der Waals surface area contributed by atoms with Crippen LogP contribution in [0, 0.1) is 3.57 Å². The maximum absolute atomic E-state index is 8.98. The molecule has 0 fully saturated rings. The summed E-state index contributed by atoms with van der Waals surface area (Å²) in [5.74, 6) is 0. The van der Waals surface area contributed by atoms with Crippen molar-refractivity contribution in [2.24, 2.45) is 0 Å². The van der Waals surface area contributed by atoms with Gasteiger partial charge in [-0.05, 0) is 46.2 Å². The summed E-state index contributed by atoms with van der Waals surface area (Å²) in [5, 5.41) is 10.1. The lowest BCUT2D eigenvalue weighted by Gasteiger charge is -1.95. The number of anilines is 1. The third-order valence-corrected chi connectivity index (χ3v) is 4.19. The van der Waals surface area contributed by atoms with E-state index in [4.69, 9.17) is 10.8 Å². The van der Waals surface area contributed by atoms with E-state index >= 15 is 0 Å². The van der Waals surface area contributed by atoms with Crippen molar-refractivity contribution in [2.45, 2.75) is 6.61 Å². The van der Waals surface area contributed by atoms with E-state index in [0.717, 1.165) is 19.5 Å². The highest BCUT2D eigenvalue weighted by Crippen LogP contribution is 2.31. The number of aliphatic hydroxyl groups excluding tert-OH is 1. The Bertz CT molecular complexity index is 452. The van der Waals surface area contributed by atoms with Gasteiger partial charge in [-0.1, -0.05) is 0 Å². The van der Waals surface area contributed by atoms with E-state index < -0.39 is 0 Å². The number of nitrogen functional groups attached to an aromatic ring is 1. The summed E-state index contributed by atoms with van der Waals surface area (Å²) in [6.45, 7) is 0.106. The smallest absolute Gasteiger partial charge is 0.0774 e. The summed E-state index contributed by atoms with van der Waals surface area (Å²) in [6, 6.07) is 5.87. The van der Waals surface area contributed by atoms with Gasteiger partial charge < -0.3 is 10.8 Å². The molecule has 0 bridgehead atoms. The largest absolute Gasteiger partial charge is 0.399 e. The summed E-state index contributed by atoms with van der Waals surface area (Å²) >= 11 is 3.88. The van der Waals surface area contributed by atoms with Gasteiger partial charge in [0.2, 0.25) is 0 Å². The molecule has 2 nitrogen and oxygen atoms in total. The molecular formula is C9H8INOS. The molecule has 0 aliphatic carbocycles. The number of halogens is 1. The molecule has 1 heterocycles. The Balaban J connectivity index is 2.75. The minimum Gasteiger partial charge on any atom is -0.399 e. The third kappa shape index (κ3) is 1.66. The average molecular weight is 305 g/mol. The Kier molecular flexibility index (Phi) is 2.44. The van der Waals surface area contributed by atoms with Gasteiger partial charge >= 0.3 is 0 Å². The van der Waals surface area contributed by atoms with Gasteiger partial charge in [0, 0.05) is 18.8 Å². The van der Waals surface area contributed by atoms with Crippen LogP contribution >= 0.6 is 33.9 Å². The molecule has 0 unspecified atom stereocenters. The average Bonchev–Trinajstić information content (AvgIpc) is 2.47. The minimum atomic E-state index is 0.106. The molecule has 3 N–H and O–H groups in total. The summed E-state index contributed by atoms with van der Waals surface area (Å²) in [5.41, 5.74) is 6.49. The van der Waals surface area contributed by atoms with Crippen LogP contribution in [0.4, 0.5) is 5.69 Å². The van der Waals surface area contributed by atoms with E-state index in [1.807, 2.05) is 18.2 Å². The third-order valence-electron chi connectivity index (χ3n) is 1.80. The van der Waals surface area contributed by atoms with E-state index in [9.17, 15) is 0 Å². The van der Waals surface area contributed by atoms with E-state index in [1.54, 1.807) is 11.3 Å². The molecule has 0 aliphatic rings. The zero-order valence-corrected chi connectivity index (χ0v) is 9.72. The highest BCUT2D eigenvalue weighted by atomic mass is 127. The molecule has 4 heteroatoms. The number of hydrogen-bond acceptors (Lipinski definition) is 3. The van der Waals surface area contributed by atoms with Crippen LogP contribution < -0.4 is 5.73 Å². The molecular weight excluding hydrogens is 297 g/mol. The van der Waals surface area contributed by atoms with Crippen LogP contribution in [-0.2, 0) is 6.61 Å². The monoisotopic (exact) mass is 305 g/mol. The molecule has 1 aromatic carbocycles. The molecule has 0 radical (unpaired) electrons. The summed E-state index contributed by atoms with van der Waals surface area (Å²) < 4.78 is 2.36. The molecule has 13 heavy (non-hydrogen) atoms. The lowest BCUT2D eigenvalue weighted by molar-refractivity contribution is 0.285. The first-order chi connectivity index (χ1) is 6.20. The molecule has 2 aromatic rings. The van der Waals surface area contributed by atoms with Crippen molar-refractivity contribution >= 4 is 49.7 Å². The van der Waals surface area contributed by atoms with Crippen molar-refractivity contribution < 1.29 is 5.11 Å². The Morgan fingerprint density at radius 3 is 2.85 bits per heavy atom. The van der Waals surface area contributed by atoms with Crippen molar-refractivity contribution in [1.82, 2.24) is 0 Å². The summed E-state index contributed by atoms with van der Waals surface area (Å²) in [7, 11) is 0. The van der Waals surface area contributed by atoms with E-state index in [1.165, 1.54) is 4.70 Å². The molecule has 0 aliphatic heterocycles. The fraction of sp³-hybridized carbons (Fsp3) is 0.111. The Morgan fingerprint density at radius 1 is 1.38 bits per heavy atom. The van der Waals surface area contributed by atoms with Crippen LogP contribution in [0.25, 0.3) is 10.1 Å². The van der Waals surface area contributed by atoms with Gasteiger partial charge in [-0.15, -0.1) is 11.3 Å². The first kappa shape index (κ1) is 9.23. The zero-order valence-electron chi connectivity index (χ0n) is 6.75. The maximum Gasteiger partial charge on any atom is 0.0774 e. The molecule has 1 aromatic heterocycles. The highest BCUT2D eigenvalue weighted by Gasteiger charge is 2.04. The Labute approximate surface area is 93.5 Å². The van der Waals surface area contributed by atoms with Crippen LogP contribution in [0.2, 0.25) is 0 Å². The first-order valence-electron chi connectivity index (χ1n) is 3.79. The van der Waals surface area contributed by atoms with Gasteiger partial charge in [0.1, 0.15) is 0 Å². The van der Waals surface area contributed by atoms with Crippen LogP contribution in [-0.4, -0.2) is 5.11 Å². The Morgan fingerprint density at radius 2 is 2.15 bits per heavy atom. The second-order valence-electron chi connectivity index (χ2n) is 2.79. The van der Waals surface area contributed by atoms with Gasteiger partial charge in [0.05, 0.1) is 6.61 Å². The molecule has 0 spiro atoms. The van der Waals surface area contributed by atoms with Crippen LogP contribution in [0.3, 0.4) is 0 Å². The number of thiophene rings is 1. The lowest BCUT2D eigenvalue weighted by atomic mass is 10.2. The van der Waals surface area contributed by atoms with Crippen molar-refractivity contribution in [1.29, 1.82) is 0 Å². The summed E-state index contributed by atoms with van der Waals surface area (Å²) in [4.78, 5) is 0.985. The second kappa shape index (κ2) is 3.43. The van der Waals surface area contributed by atoms with Crippen molar-refractivity contribution in [3.63, 3.8) is 0 Å². The number of nitrogens with two attached hydrogens (primary N) is 1. The number of rotatable bonds is 1. The minimum absolute atomic E-state index is 0.106. The molecule has 0 saturated heterocycles. The van der Waals surface area contributed by atoms with Gasteiger partial charge in [-0.25, -0.2) is 0 Å².